The van der Waals surface area contributed by atoms with Gasteiger partial charge in [-0.15, -0.1) is 0 Å². The zero-order valence-corrected chi connectivity index (χ0v) is 12.9. The molecular weight excluding hydrogens is 353 g/mol. The van der Waals surface area contributed by atoms with Gasteiger partial charge in [0.2, 0.25) is 0 Å². The molecule has 21 heavy (non-hydrogen) atoms. The quantitative estimate of drug-likeness (QED) is 0.752. The van der Waals surface area contributed by atoms with Gasteiger partial charge in [0.1, 0.15) is 11.9 Å². The highest BCUT2D eigenvalue weighted by Gasteiger charge is 2.39. The summed E-state index contributed by atoms with van der Waals surface area (Å²) in [7, 11) is 1.23. The molecule has 1 aromatic heterocycles. The second-order valence-corrected chi connectivity index (χ2v) is 5.67. The van der Waals surface area contributed by atoms with Gasteiger partial charge in [-0.1, -0.05) is 0 Å². The summed E-state index contributed by atoms with van der Waals surface area (Å²) < 4.78 is 44.5. The van der Waals surface area contributed by atoms with Crippen LogP contribution in [0.5, 0.6) is 0 Å². The van der Waals surface area contributed by atoms with Crippen molar-refractivity contribution in [1.29, 1.82) is 0 Å². The number of anilines is 1. The molecule has 4 nitrogen and oxygen atoms in total. The van der Waals surface area contributed by atoms with Crippen molar-refractivity contribution in [3.63, 3.8) is 0 Å². The molecule has 8 heteroatoms. The molecule has 1 aliphatic rings. The van der Waals surface area contributed by atoms with Gasteiger partial charge in [-0.2, -0.15) is 13.2 Å². The van der Waals surface area contributed by atoms with Gasteiger partial charge in [-0.25, -0.2) is 9.78 Å². The van der Waals surface area contributed by atoms with Gasteiger partial charge in [0.05, 0.1) is 12.7 Å². The Balaban J connectivity index is 2.46. The van der Waals surface area contributed by atoms with E-state index in [1.165, 1.54) is 18.2 Å². The third-order valence-corrected chi connectivity index (χ3v) is 3.82. The van der Waals surface area contributed by atoms with Crippen LogP contribution in [0, 0.1) is 0 Å². The summed E-state index contributed by atoms with van der Waals surface area (Å²) in [6.45, 7) is 0.345. The third kappa shape index (κ3) is 3.48. The Morgan fingerprint density at radius 2 is 2.19 bits per heavy atom. The molecule has 2 rings (SSSR count). The molecule has 1 unspecified atom stereocenters. The number of carbonyl (C=O) groups excluding carboxylic acids is 1. The van der Waals surface area contributed by atoms with Crippen molar-refractivity contribution in [2.75, 3.05) is 18.6 Å². The molecule has 1 aliphatic heterocycles. The number of pyridine rings is 1. The molecule has 0 radical (unpaired) electrons. The number of nitrogens with zero attached hydrogens (tertiary/aromatic N) is 2. The van der Waals surface area contributed by atoms with Crippen LogP contribution in [0.3, 0.4) is 0 Å². The molecule has 1 saturated heterocycles. The Kier molecular flexibility index (Phi) is 4.75. The van der Waals surface area contributed by atoms with Gasteiger partial charge in [0.25, 0.3) is 0 Å². The predicted molar refractivity (Wildman–Crippen MR) is 73.9 cm³/mol. The highest BCUT2D eigenvalue weighted by atomic mass is 79.9. The summed E-state index contributed by atoms with van der Waals surface area (Å²) in [4.78, 5) is 17.1. The van der Waals surface area contributed by atoms with Gasteiger partial charge >= 0.3 is 12.1 Å². The Hall–Kier alpha value is -1.31. The summed E-state index contributed by atoms with van der Waals surface area (Å²) in [5.74, 6) is -0.756. The lowest BCUT2D eigenvalue weighted by Crippen LogP contribution is -2.46. The lowest BCUT2D eigenvalue weighted by Gasteiger charge is -2.35. The summed E-state index contributed by atoms with van der Waals surface area (Å²) >= 11 is 3.00. The van der Waals surface area contributed by atoms with Crippen LogP contribution in [0.15, 0.2) is 16.7 Å². The highest BCUT2D eigenvalue weighted by Crippen LogP contribution is 2.38. The number of carbonyl (C=O) groups is 1. The van der Waals surface area contributed by atoms with Crippen LogP contribution in [-0.2, 0) is 15.7 Å². The number of methoxy groups -OCH3 is 1. The number of piperidine rings is 1. The normalized spacial score (nSPS) is 19.5. The molecule has 0 bridgehead atoms. The van der Waals surface area contributed by atoms with E-state index in [1.807, 2.05) is 0 Å². The fourth-order valence-corrected chi connectivity index (χ4v) is 2.77. The smallest absolute Gasteiger partial charge is 0.419 e. The molecule has 0 spiro atoms. The van der Waals surface area contributed by atoms with Crippen molar-refractivity contribution >= 4 is 27.7 Å². The first-order valence-electron chi connectivity index (χ1n) is 6.42. The van der Waals surface area contributed by atoms with Crippen LogP contribution in [0.4, 0.5) is 19.0 Å². The van der Waals surface area contributed by atoms with Crippen molar-refractivity contribution in [1.82, 2.24) is 4.98 Å². The van der Waals surface area contributed by atoms with E-state index in [4.69, 9.17) is 4.74 Å². The van der Waals surface area contributed by atoms with Gasteiger partial charge < -0.3 is 9.64 Å². The lowest BCUT2D eigenvalue weighted by atomic mass is 10.0. The van der Waals surface area contributed by atoms with Crippen LogP contribution in [0.2, 0.25) is 0 Å². The predicted octanol–water partition coefficient (Wildman–Crippen LogP) is 3.39. The first kappa shape index (κ1) is 16.1. The Labute approximate surface area is 128 Å². The van der Waals surface area contributed by atoms with Crippen LogP contribution < -0.4 is 4.90 Å². The van der Waals surface area contributed by atoms with E-state index in [1.54, 1.807) is 0 Å². The standard InChI is InChI=1S/C13H14BrF3N2O2/c1-21-12(20)10-4-2-3-5-19(10)11-9(13(15,16)17)6-8(14)7-18-11/h6-7,10H,2-5H2,1H3. The van der Waals surface area contributed by atoms with Crippen LogP contribution >= 0.6 is 15.9 Å². The van der Waals surface area contributed by atoms with E-state index in [-0.39, 0.29) is 10.3 Å². The number of halogens is 4. The minimum atomic E-state index is -4.54. The fourth-order valence-electron chi connectivity index (χ4n) is 2.44. The number of rotatable bonds is 2. The van der Waals surface area contributed by atoms with Gasteiger partial charge in [0.15, 0.2) is 0 Å². The first-order valence-corrected chi connectivity index (χ1v) is 7.21. The summed E-state index contributed by atoms with van der Waals surface area (Å²) in [5.41, 5.74) is -0.854. The Morgan fingerprint density at radius 1 is 1.48 bits per heavy atom. The molecule has 1 aromatic rings. The van der Waals surface area contributed by atoms with E-state index in [9.17, 15) is 18.0 Å². The topological polar surface area (TPSA) is 42.4 Å². The number of aromatic nitrogens is 1. The van der Waals surface area contributed by atoms with Crippen molar-refractivity contribution in [3.8, 4) is 0 Å². The highest BCUT2D eigenvalue weighted by molar-refractivity contribution is 9.10. The van der Waals surface area contributed by atoms with E-state index in [0.717, 1.165) is 12.5 Å². The van der Waals surface area contributed by atoms with E-state index in [0.29, 0.717) is 19.4 Å². The number of hydrogen-bond acceptors (Lipinski definition) is 4. The largest absolute Gasteiger partial charge is 0.467 e. The van der Waals surface area contributed by atoms with Crippen LogP contribution in [-0.4, -0.2) is 30.6 Å². The van der Waals surface area contributed by atoms with E-state index >= 15 is 0 Å². The SMILES string of the molecule is COC(=O)C1CCCCN1c1ncc(Br)cc1C(F)(F)F. The summed E-state index contributed by atoms with van der Waals surface area (Å²) in [6, 6.07) is 0.254. The molecular formula is C13H14BrF3N2O2. The monoisotopic (exact) mass is 366 g/mol. The van der Waals surface area contributed by atoms with Crippen molar-refractivity contribution in [2.45, 2.75) is 31.5 Å². The Bertz CT molecular complexity index is 537. The summed E-state index contributed by atoms with van der Waals surface area (Å²) in [5, 5.41) is 0. The fraction of sp³-hybridized carbons (Fsp3) is 0.538. The molecule has 0 N–H and O–H groups in total. The molecule has 2 heterocycles. The summed E-state index contributed by atoms with van der Waals surface area (Å²) in [6.07, 6.45) is -1.30. The molecule has 0 aliphatic carbocycles. The molecule has 1 fully saturated rings. The zero-order chi connectivity index (χ0) is 15.6. The minimum absolute atomic E-state index is 0.221. The number of esters is 1. The average Bonchev–Trinajstić information content (AvgIpc) is 2.45. The molecule has 0 saturated carbocycles. The average molecular weight is 367 g/mol. The van der Waals surface area contributed by atoms with Crippen LogP contribution in [0.1, 0.15) is 24.8 Å². The zero-order valence-electron chi connectivity index (χ0n) is 11.3. The maximum Gasteiger partial charge on any atom is 0.419 e. The Morgan fingerprint density at radius 3 is 2.81 bits per heavy atom. The second-order valence-electron chi connectivity index (χ2n) is 4.75. The van der Waals surface area contributed by atoms with Crippen molar-refractivity contribution in [3.05, 3.63) is 22.3 Å². The van der Waals surface area contributed by atoms with Gasteiger partial charge in [-0.05, 0) is 41.3 Å². The first-order chi connectivity index (χ1) is 9.84. The van der Waals surface area contributed by atoms with Crippen LogP contribution in [0.25, 0.3) is 0 Å². The molecule has 116 valence electrons. The molecule has 0 amide bonds. The number of ether oxygens (including phenoxy) is 1. The lowest BCUT2D eigenvalue weighted by molar-refractivity contribution is -0.143. The number of alkyl halides is 3. The van der Waals surface area contributed by atoms with Crippen molar-refractivity contribution in [2.24, 2.45) is 0 Å². The maximum atomic E-state index is 13.2. The maximum absolute atomic E-state index is 13.2. The molecule has 1 atom stereocenters. The second kappa shape index (κ2) is 6.21. The number of hydrogen-bond donors (Lipinski definition) is 0. The van der Waals surface area contributed by atoms with Gasteiger partial charge in [-0.3, -0.25) is 0 Å². The van der Waals surface area contributed by atoms with Gasteiger partial charge in [0, 0.05) is 17.2 Å². The van der Waals surface area contributed by atoms with Crippen molar-refractivity contribution < 1.29 is 22.7 Å². The van der Waals surface area contributed by atoms with E-state index in [2.05, 4.69) is 20.9 Å². The molecule has 0 aromatic carbocycles. The minimum Gasteiger partial charge on any atom is -0.467 e. The third-order valence-electron chi connectivity index (χ3n) is 3.39. The van der Waals surface area contributed by atoms with E-state index < -0.39 is 23.8 Å².